The average Bonchev–Trinajstić information content (AvgIpc) is 2.90. The Balaban J connectivity index is 1.85. The molecule has 5 nitrogen and oxygen atoms in total. The molecular weight excluding hydrogens is 448 g/mol. The van der Waals surface area contributed by atoms with E-state index in [0.717, 1.165) is 16.7 Å². The normalized spacial score (nSPS) is 20.1. The Labute approximate surface area is 213 Å². The third kappa shape index (κ3) is 5.31. The Morgan fingerprint density at radius 1 is 0.750 bits per heavy atom. The maximum Gasteiger partial charge on any atom is 0.236 e. The molecule has 0 N–H and O–H groups in total. The summed E-state index contributed by atoms with van der Waals surface area (Å²) in [4.78, 5) is 44.2. The van der Waals surface area contributed by atoms with E-state index >= 15 is 0 Å². The van der Waals surface area contributed by atoms with E-state index < -0.39 is 11.8 Å². The molecule has 0 radical (unpaired) electrons. The number of aryl methyl sites for hydroxylation is 1. The summed E-state index contributed by atoms with van der Waals surface area (Å²) in [6.45, 7) is 5.14. The summed E-state index contributed by atoms with van der Waals surface area (Å²) in [5.74, 6) is -1.25. The van der Waals surface area contributed by atoms with Gasteiger partial charge in [0.1, 0.15) is 0 Å². The molecule has 0 aliphatic carbocycles. The number of piperidine rings is 1. The third-order valence-electron chi connectivity index (χ3n) is 7.43. The van der Waals surface area contributed by atoms with Crippen LogP contribution < -0.4 is 0 Å². The summed E-state index contributed by atoms with van der Waals surface area (Å²) in [5.41, 5.74) is 4.54. The fourth-order valence-corrected chi connectivity index (χ4v) is 5.29. The number of rotatable bonds is 7. The van der Waals surface area contributed by atoms with Gasteiger partial charge in [0.2, 0.25) is 5.91 Å². The molecule has 5 heteroatoms. The zero-order chi connectivity index (χ0) is 25.8. The molecular formula is C31H34N2O3. The monoisotopic (exact) mass is 482 g/mol. The molecule has 1 saturated heterocycles. The molecule has 1 fully saturated rings. The molecule has 3 aromatic rings. The molecule has 186 valence electrons. The number of amides is 1. The Bertz CT molecular complexity index is 1180. The smallest absolute Gasteiger partial charge is 0.236 e. The molecule has 0 bridgehead atoms. The van der Waals surface area contributed by atoms with Gasteiger partial charge in [0.25, 0.3) is 0 Å². The SMILES string of the molecule is Cc1cccc(C2C(C(=O)c3ccccc3)CN(CC(=O)N(C)C)CC2C(=O)c2ccccc2)c1C. The first-order chi connectivity index (χ1) is 17.3. The molecule has 1 heterocycles. The van der Waals surface area contributed by atoms with Crippen molar-refractivity contribution in [3.05, 3.63) is 107 Å². The first kappa shape index (κ1) is 25.5. The number of benzene rings is 3. The minimum atomic E-state index is -0.464. The predicted octanol–water partition coefficient (Wildman–Crippen LogP) is 4.79. The zero-order valence-electron chi connectivity index (χ0n) is 21.5. The topological polar surface area (TPSA) is 57.7 Å². The second kappa shape index (κ2) is 11.0. The van der Waals surface area contributed by atoms with Gasteiger partial charge >= 0.3 is 0 Å². The Kier molecular flexibility index (Phi) is 7.80. The van der Waals surface area contributed by atoms with Crippen LogP contribution in [0.1, 0.15) is 43.3 Å². The molecule has 1 aliphatic heterocycles. The van der Waals surface area contributed by atoms with Gasteiger partial charge < -0.3 is 4.90 Å². The predicted molar refractivity (Wildman–Crippen MR) is 142 cm³/mol. The van der Waals surface area contributed by atoms with Gasteiger partial charge in [-0.2, -0.15) is 0 Å². The van der Waals surface area contributed by atoms with E-state index in [1.165, 1.54) is 0 Å². The summed E-state index contributed by atoms with van der Waals surface area (Å²) in [6.07, 6.45) is 0. The van der Waals surface area contributed by atoms with E-state index in [4.69, 9.17) is 0 Å². The number of carbonyl (C=O) groups excluding carboxylic acids is 3. The van der Waals surface area contributed by atoms with Gasteiger partial charge in [-0.1, -0.05) is 78.9 Å². The zero-order valence-corrected chi connectivity index (χ0v) is 21.5. The van der Waals surface area contributed by atoms with Crippen molar-refractivity contribution in [1.82, 2.24) is 9.80 Å². The summed E-state index contributed by atoms with van der Waals surface area (Å²) in [5, 5.41) is 0. The molecule has 1 aliphatic rings. The van der Waals surface area contributed by atoms with Crippen molar-refractivity contribution < 1.29 is 14.4 Å². The first-order valence-corrected chi connectivity index (χ1v) is 12.4. The molecule has 0 spiro atoms. The van der Waals surface area contributed by atoms with Crippen molar-refractivity contribution in [1.29, 1.82) is 0 Å². The Hall–Kier alpha value is -3.57. The van der Waals surface area contributed by atoms with Crippen LogP contribution in [0.2, 0.25) is 0 Å². The van der Waals surface area contributed by atoms with E-state index in [0.29, 0.717) is 24.2 Å². The van der Waals surface area contributed by atoms with Gasteiger partial charge in [-0.3, -0.25) is 19.3 Å². The van der Waals surface area contributed by atoms with Gasteiger partial charge in [-0.05, 0) is 30.5 Å². The number of ketones is 2. The van der Waals surface area contributed by atoms with E-state index in [9.17, 15) is 14.4 Å². The summed E-state index contributed by atoms with van der Waals surface area (Å²) >= 11 is 0. The molecule has 2 atom stereocenters. The lowest BCUT2D eigenvalue weighted by molar-refractivity contribution is -0.130. The molecule has 36 heavy (non-hydrogen) atoms. The summed E-state index contributed by atoms with van der Waals surface area (Å²) in [7, 11) is 3.45. The van der Waals surface area contributed by atoms with Gasteiger partial charge in [-0.15, -0.1) is 0 Å². The lowest BCUT2D eigenvalue weighted by atomic mass is 9.67. The van der Waals surface area contributed by atoms with Crippen LogP contribution in [0.3, 0.4) is 0 Å². The van der Waals surface area contributed by atoms with E-state index in [-0.39, 0.29) is 29.9 Å². The van der Waals surface area contributed by atoms with Crippen LogP contribution in [0.4, 0.5) is 0 Å². The van der Waals surface area contributed by atoms with Crippen molar-refractivity contribution >= 4 is 17.5 Å². The second-order valence-corrected chi connectivity index (χ2v) is 9.97. The first-order valence-electron chi connectivity index (χ1n) is 12.4. The van der Waals surface area contributed by atoms with E-state index in [1.54, 1.807) is 19.0 Å². The number of likely N-dealkylation sites (tertiary alicyclic amines) is 1. The van der Waals surface area contributed by atoms with Crippen molar-refractivity contribution in [2.45, 2.75) is 19.8 Å². The number of Topliss-reactive ketones (excluding diaryl/α,β-unsaturated/α-hetero) is 2. The lowest BCUT2D eigenvalue weighted by Crippen LogP contribution is -2.52. The van der Waals surface area contributed by atoms with E-state index in [1.807, 2.05) is 71.6 Å². The fourth-order valence-electron chi connectivity index (χ4n) is 5.29. The average molecular weight is 483 g/mol. The number of nitrogens with zero attached hydrogens (tertiary/aromatic N) is 2. The molecule has 0 aromatic heterocycles. The molecule has 2 unspecified atom stereocenters. The van der Waals surface area contributed by atoms with Gasteiger partial charge in [-0.25, -0.2) is 0 Å². The van der Waals surface area contributed by atoms with Crippen LogP contribution in [-0.2, 0) is 4.79 Å². The molecule has 0 saturated carbocycles. The number of carbonyl (C=O) groups is 3. The number of hydrogen-bond acceptors (Lipinski definition) is 4. The highest BCUT2D eigenvalue weighted by molar-refractivity contribution is 6.02. The maximum atomic E-state index is 14.0. The summed E-state index contributed by atoms with van der Waals surface area (Å²) < 4.78 is 0. The maximum absolute atomic E-state index is 14.0. The quantitative estimate of drug-likeness (QED) is 0.455. The Morgan fingerprint density at radius 3 is 1.72 bits per heavy atom. The van der Waals surface area contributed by atoms with Crippen molar-refractivity contribution in [3.8, 4) is 0 Å². The van der Waals surface area contributed by atoms with Gasteiger partial charge in [0.05, 0.1) is 6.54 Å². The van der Waals surface area contributed by atoms with Crippen molar-refractivity contribution in [3.63, 3.8) is 0 Å². The summed E-state index contributed by atoms with van der Waals surface area (Å²) in [6, 6.07) is 24.7. The van der Waals surface area contributed by atoms with Crippen LogP contribution >= 0.6 is 0 Å². The largest absolute Gasteiger partial charge is 0.348 e. The second-order valence-electron chi connectivity index (χ2n) is 9.97. The van der Waals surface area contributed by atoms with E-state index in [2.05, 4.69) is 26.0 Å². The van der Waals surface area contributed by atoms with Gasteiger partial charge in [0.15, 0.2) is 11.6 Å². The third-order valence-corrected chi connectivity index (χ3v) is 7.43. The van der Waals surface area contributed by atoms with Crippen molar-refractivity contribution in [2.24, 2.45) is 11.8 Å². The Morgan fingerprint density at radius 2 is 1.25 bits per heavy atom. The van der Waals surface area contributed by atoms with Crippen molar-refractivity contribution in [2.75, 3.05) is 33.7 Å². The van der Waals surface area contributed by atoms with Crippen LogP contribution in [-0.4, -0.2) is 61.0 Å². The minimum Gasteiger partial charge on any atom is -0.348 e. The van der Waals surface area contributed by atoms with Crippen LogP contribution in [0.15, 0.2) is 78.9 Å². The molecule has 1 amide bonds. The highest BCUT2D eigenvalue weighted by Crippen LogP contribution is 2.42. The lowest BCUT2D eigenvalue weighted by Gasteiger charge is -2.43. The fraction of sp³-hybridized carbons (Fsp3) is 0.323. The van der Waals surface area contributed by atoms with Crippen LogP contribution in [0.5, 0.6) is 0 Å². The number of likely N-dealkylation sites (N-methyl/N-ethyl adjacent to an activating group) is 1. The van der Waals surface area contributed by atoms with Crippen LogP contribution in [0.25, 0.3) is 0 Å². The van der Waals surface area contributed by atoms with Gasteiger partial charge in [0, 0.05) is 56.1 Å². The highest BCUT2D eigenvalue weighted by atomic mass is 16.2. The van der Waals surface area contributed by atoms with Crippen LogP contribution in [0, 0.1) is 25.7 Å². The molecule has 4 rings (SSSR count). The minimum absolute atomic E-state index is 0.00868. The standard InChI is InChI=1S/C31H34N2O3/c1-21-12-11-17-25(22(21)2)29-26(30(35)23-13-7-5-8-14-23)18-33(20-28(34)32(3)4)19-27(29)31(36)24-15-9-6-10-16-24/h5-17,26-27,29H,18-20H2,1-4H3. The molecule has 3 aromatic carbocycles. The number of hydrogen-bond donors (Lipinski definition) is 0. The highest BCUT2D eigenvalue weighted by Gasteiger charge is 2.45.